The molecule has 0 aromatic carbocycles. The topological polar surface area (TPSA) is 89.7 Å². The van der Waals surface area contributed by atoms with Crippen molar-refractivity contribution in [1.29, 1.82) is 0 Å². The van der Waals surface area contributed by atoms with Crippen molar-refractivity contribution in [1.82, 2.24) is 19.9 Å². The third kappa shape index (κ3) is 3.30. The van der Waals surface area contributed by atoms with E-state index in [1.807, 2.05) is 24.4 Å². The maximum atomic E-state index is 5.62. The quantitative estimate of drug-likeness (QED) is 0.730. The van der Waals surface area contributed by atoms with Crippen molar-refractivity contribution in [3.8, 4) is 5.88 Å². The number of imidazole rings is 1. The lowest BCUT2D eigenvalue weighted by molar-refractivity contribution is 0.328. The fourth-order valence-corrected chi connectivity index (χ4v) is 2.74. The van der Waals surface area contributed by atoms with Gasteiger partial charge in [0.25, 0.3) is 0 Å². The van der Waals surface area contributed by atoms with E-state index in [1.54, 1.807) is 0 Å². The Morgan fingerprint density at radius 2 is 2.14 bits per heavy atom. The van der Waals surface area contributed by atoms with Crippen molar-refractivity contribution in [2.45, 2.75) is 26.2 Å². The molecule has 0 bridgehead atoms. The van der Waals surface area contributed by atoms with Gasteiger partial charge in [0.15, 0.2) is 10.8 Å². The van der Waals surface area contributed by atoms with E-state index in [1.165, 1.54) is 11.3 Å². The van der Waals surface area contributed by atoms with Crippen LogP contribution in [-0.4, -0.2) is 26.5 Å². The Morgan fingerprint density at radius 1 is 1.24 bits per heavy atom. The predicted molar refractivity (Wildman–Crippen MR) is 83.6 cm³/mol. The number of thiazole rings is 1. The molecule has 3 aromatic rings. The number of hydrogen-bond donors (Lipinski definition) is 2. The van der Waals surface area contributed by atoms with Crippen LogP contribution in [0.3, 0.4) is 0 Å². The number of nitrogen functional groups attached to an aromatic ring is 1. The minimum absolute atomic E-state index is 0.604. The first-order valence-corrected chi connectivity index (χ1v) is 7.81. The minimum Gasteiger partial charge on any atom is -0.478 e. The fourth-order valence-electron chi connectivity index (χ4n) is 2.15. The Kier molecular flexibility index (Phi) is 4.01. The molecule has 3 rings (SSSR count). The Bertz CT molecular complexity index is 736. The molecule has 0 amide bonds. The summed E-state index contributed by atoms with van der Waals surface area (Å²) in [6, 6.07) is 3.80. The van der Waals surface area contributed by atoms with E-state index < -0.39 is 0 Å². The molecule has 7 heteroatoms. The Balaban J connectivity index is 1.64. The van der Waals surface area contributed by atoms with E-state index in [0.717, 1.165) is 36.3 Å². The zero-order chi connectivity index (χ0) is 14.7. The number of anilines is 1. The van der Waals surface area contributed by atoms with E-state index in [2.05, 4.69) is 19.9 Å². The van der Waals surface area contributed by atoms with Crippen LogP contribution < -0.4 is 10.5 Å². The lowest BCUT2D eigenvalue weighted by atomic mass is 10.2. The summed E-state index contributed by atoms with van der Waals surface area (Å²) in [6.45, 7) is 2.54. The van der Waals surface area contributed by atoms with E-state index in [-0.39, 0.29) is 0 Å². The molecule has 21 heavy (non-hydrogen) atoms. The van der Waals surface area contributed by atoms with Crippen LogP contribution in [0.5, 0.6) is 5.88 Å². The number of aromatic nitrogens is 4. The molecule has 0 spiro atoms. The summed E-state index contributed by atoms with van der Waals surface area (Å²) < 4.78 is 5.38. The molecule has 0 aliphatic carbocycles. The molecule has 3 aromatic heterocycles. The van der Waals surface area contributed by atoms with E-state index in [0.29, 0.717) is 23.3 Å². The molecule has 0 radical (unpaired) electrons. The molecule has 110 valence electrons. The van der Waals surface area contributed by atoms with Crippen LogP contribution in [0.1, 0.15) is 24.9 Å². The van der Waals surface area contributed by atoms with E-state index >= 15 is 0 Å². The number of nitrogens with zero attached hydrogens (tertiary/aromatic N) is 3. The average Bonchev–Trinajstić information content (AvgIpc) is 3.05. The van der Waals surface area contributed by atoms with Gasteiger partial charge in [0, 0.05) is 17.9 Å². The van der Waals surface area contributed by atoms with E-state index in [9.17, 15) is 0 Å². The number of pyridine rings is 1. The molecule has 3 N–H and O–H groups in total. The summed E-state index contributed by atoms with van der Waals surface area (Å²) in [5.74, 6) is 1.55. The lowest BCUT2D eigenvalue weighted by Gasteiger charge is -1.99. The summed E-state index contributed by atoms with van der Waals surface area (Å²) >= 11 is 1.48. The normalized spacial score (nSPS) is 11.1. The highest BCUT2D eigenvalue weighted by Gasteiger charge is 2.06. The summed E-state index contributed by atoms with van der Waals surface area (Å²) in [6.07, 6.45) is 2.74. The van der Waals surface area contributed by atoms with Crippen LogP contribution in [0, 0.1) is 0 Å². The number of H-pyrrole nitrogens is 1. The molecule has 0 atom stereocenters. The Labute approximate surface area is 126 Å². The van der Waals surface area contributed by atoms with Crippen molar-refractivity contribution >= 4 is 27.6 Å². The molecule has 3 heterocycles. The first kappa shape index (κ1) is 13.8. The predicted octanol–water partition coefficient (Wildman–Crippen LogP) is 2.57. The van der Waals surface area contributed by atoms with E-state index in [4.69, 9.17) is 10.5 Å². The standard InChI is InChI=1S/C14H17N5OS/c1-2-20-12-7-6-10-13(19-12)18-11(17-10)5-3-4-9-8-21-14(15)16-9/h6-8H,2-5H2,1H3,(H2,15,16)(H,17,18,19). The second-order valence-corrected chi connectivity index (χ2v) is 5.56. The van der Waals surface area contributed by atoms with Gasteiger partial charge in [0.1, 0.15) is 5.82 Å². The first-order valence-electron chi connectivity index (χ1n) is 6.93. The first-order chi connectivity index (χ1) is 10.2. The van der Waals surface area contributed by atoms with Crippen LogP contribution in [0.4, 0.5) is 5.13 Å². The maximum absolute atomic E-state index is 5.62. The number of nitrogens with one attached hydrogen (secondary N) is 1. The second-order valence-electron chi connectivity index (χ2n) is 4.67. The van der Waals surface area contributed by atoms with Crippen molar-refractivity contribution < 1.29 is 4.74 Å². The number of hydrogen-bond acceptors (Lipinski definition) is 6. The van der Waals surface area contributed by atoms with Crippen LogP contribution >= 0.6 is 11.3 Å². The monoisotopic (exact) mass is 303 g/mol. The minimum atomic E-state index is 0.604. The number of aryl methyl sites for hydroxylation is 2. The molecule has 0 aliphatic heterocycles. The summed E-state index contributed by atoms with van der Waals surface area (Å²) in [5.41, 5.74) is 8.31. The number of rotatable bonds is 6. The largest absolute Gasteiger partial charge is 0.478 e. The van der Waals surface area contributed by atoms with Crippen LogP contribution in [0.25, 0.3) is 11.2 Å². The number of nitrogens with two attached hydrogens (primary N) is 1. The zero-order valence-electron chi connectivity index (χ0n) is 11.8. The smallest absolute Gasteiger partial charge is 0.215 e. The molecule has 0 fully saturated rings. The van der Waals surface area contributed by atoms with Gasteiger partial charge >= 0.3 is 0 Å². The van der Waals surface area contributed by atoms with Gasteiger partial charge in [-0.3, -0.25) is 0 Å². The molecule has 0 saturated carbocycles. The third-order valence-electron chi connectivity index (χ3n) is 3.08. The SMILES string of the molecule is CCOc1ccc2[nH]c(CCCc3csc(N)n3)nc2n1. The Morgan fingerprint density at radius 3 is 2.90 bits per heavy atom. The highest BCUT2D eigenvalue weighted by molar-refractivity contribution is 7.13. The van der Waals surface area contributed by atoms with Crippen LogP contribution in [0.2, 0.25) is 0 Å². The van der Waals surface area contributed by atoms with Crippen molar-refractivity contribution in [3.63, 3.8) is 0 Å². The lowest BCUT2D eigenvalue weighted by Crippen LogP contribution is -1.94. The molecule has 0 saturated heterocycles. The van der Waals surface area contributed by atoms with Gasteiger partial charge in [-0.15, -0.1) is 11.3 Å². The molecule has 0 aliphatic rings. The molecular weight excluding hydrogens is 286 g/mol. The van der Waals surface area contributed by atoms with Gasteiger partial charge < -0.3 is 15.5 Å². The molecular formula is C14H17N5OS. The maximum Gasteiger partial charge on any atom is 0.215 e. The van der Waals surface area contributed by atoms with Gasteiger partial charge in [-0.1, -0.05) is 0 Å². The highest BCUT2D eigenvalue weighted by atomic mass is 32.1. The molecule has 0 unspecified atom stereocenters. The highest BCUT2D eigenvalue weighted by Crippen LogP contribution is 2.16. The zero-order valence-corrected chi connectivity index (χ0v) is 12.6. The van der Waals surface area contributed by atoms with Crippen molar-refractivity contribution in [2.75, 3.05) is 12.3 Å². The van der Waals surface area contributed by atoms with Gasteiger partial charge in [0.05, 0.1) is 17.8 Å². The number of fused-ring (bicyclic) bond motifs is 1. The molecule has 6 nitrogen and oxygen atoms in total. The number of ether oxygens (including phenoxy) is 1. The fraction of sp³-hybridized carbons (Fsp3) is 0.357. The van der Waals surface area contributed by atoms with Crippen LogP contribution in [-0.2, 0) is 12.8 Å². The van der Waals surface area contributed by atoms with Gasteiger partial charge in [-0.25, -0.2) is 9.97 Å². The summed E-state index contributed by atoms with van der Waals surface area (Å²) in [4.78, 5) is 16.4. The van der Waals surface area contributed by atoms with Gasteiger partial charge in [-0.2, -0.15) is 4.98 Å². The Hall–Kier alpha value is -2.15. The summed E-state index contributed by atoms with van der Waals surface area (Å²) in [5, 5.41) is 2.63. The van der Waals surface area contributed by atoms with Crippen molar-refractivity contribution in [2.24, 2.45) is 0 Å². The second kappa shape index (κ2) is 6.09. The van der Waals surface area contributed by atoms with Crippen LogP contribution in [0.15, 0.2) is 17.5 Å². The van der Waals surface area contributed by atoms with Gasteiger partial charge in [0.2, 0.25) is 5.88 Å². The number of aromatic amines is 1. The van der Waals surface area contributed by atoms with Crippen molar-refractivity contribution in [3.05, 3.63) is 29.0 Å². The third-order valence-corrected chi connectivity index (χ3v) is 3.80. The van der Waals surface area contributed by atoms with Gasteiger partial charge in [-0.05, 0) is 25.8 Å². The summed E-state index contributed by atoms with van der Waals surface area (Å²) in [7, 11) is 0. The average molecular weight is 303 g/mol.